The van der Waals surface area contributed by atoms with E-state index in [0.717, 1.165) is 6.07 Å². The van der Waals surface area contributed by atoms with Gasteiger partial charge in [-0.05, 0) is 68.7 Å². The van der Waals surface area contributed by atoms with Gasteiger partial charge in [-0.2, -0.15) is 13.2 Å². The van der Waals surface area contributed by atoms with Gasteiger partial charge >= 0.3 is 6.18 Å². The predicted molar refractivity (Wildman–Crippen MR) is 154 cm³/mol. The predicted octanol–water partition coefficient (Wildman–Crippen LogP) is 6.03. The lowest BCUT2D eigenvalue weighted by molar-refractivity contribution is -0.136. The maximum Gasteiger partial charge on any atom is 0.418 e. The van der Waals surface area contributed by atoms with E-state index in [4.69, 9.17) is 9.47 Å². The van der Waals surface area contributed by atoms with E-state index in [0.29, 0.717) is 52.1 Å². The quantitative estimate of drug-likeness (QED) is 0.245. The monoisotopic (exact) mass is 576 g/mol. The van der Waals surface area contributed by atoms with Crippen molar-refractivity contribution in [2.45, 2.75) is 50.9 Å². The second-order valence-corrected chi connectivity index (χ2v) is 10.7. The third-order valence-corrected chi connectivity index (χ3v) is 7.42. The van der Waals surface area contributed by atoms with Gasteiger partial charge in [0.15, 0.2) is 0 Å². The van der Waals surface area contributed by atoms with E-state index >= 15 is 0 Å². The molecule has 218 valence electrons. The number of halogens is 3. The van der Waals surface area contributed by atoms with Gasteiger partial charge in [0, 0.05) is 23.1 Å². The van der Waals surface area contributed by atoms with Gasteiger partial charge in [0.25, 0.3) is 5.91 Å². The van der Waals surface area contributed by atoms with Crippen molar-refractivity contribution in [1.29, 1.82) is 0 Å². The molecule has 0 fully saturated rings. The fraction of sp³-hybridized carbons (Fsp3) is 0.303. The van der Waals surface area contributed by atoms with Crippen LogP contribution >= 0.6 is 0 Å². The number of ether oxygens (including phenoxy) is 2. The Hall–Kier alpha value is -4.42. The summed E-state index contributed by atoms with van der Waals surface area (Å²) in [7, 11) is 1.57. The Morgan fingerprint density at radius 1 is 1.10 bits per heavy atom. The first-order valence-corrected chi connectivity index (χ1v) is 13.6. The van der Waals surface area contributed by atoms with E-state index in [9.17, 15) is 23.1 Å². The van der Waals surface area contributed by atoms with Gasteiger partial charge < -0.3 is 24.9 Å². The average molecular weight is 577 g/mol. The van der Waals surface area contributed by atoms with Crippen LogP contribution in [0, 0.1) is 11.8 Å². The number of alkyl halides is 3. The molecule has 0 radical (unpaired) electrons. The molecular formula is C33H31F3N2O4. The fourth-order valence-corrected chi connectivity index (χ4v) is 5.39. The molecule has 1 aromatic heterocycles. The largest absolute Gasteiger partial charge is 0.495 e. The number of hydrogen-bond acceptors (Lipinski definition) is 4. The highest BCUT2D eigenvalue weighted by Crippen LogP contribution is 2.40. The molecule has 42 heavy (non-hydrogen) atoms. The van der Waals surface area contributed by atoms with Crippen molar-refractivity contribution < 1.29 is 32.5 Å². The van der Waals surface area contributed by atoms with Crippen LogP contribution in [-0.4, -0.2) is 41.4 Å². The number of para-hydroxylation sites is 2. The van der Waals surface area contributed by atoms with Gasteiger partial charge in [-0.15, -0.1) is 0 Å². The van der Waals surface area contributed by atoms with E-state index in [-0.39, 0.29) is 23.6 Å². The van der Waals surface area contributed by atoms with Crippen LogP contribution in [0.1, 0.15) is 58.6 Å². The van der Waals surface area contributed by atoms with Crippen molar-refractivity contribution in [1.82, 2.24) is 10.3 Å². The molecule has 0 aliphatic heterocycles. The molecule has 0 spiro atoms. The number of amides is 1. The number of aliphatic hydroxyl groups is 1. The molecule has 1 aliphatic rings. The molecule has 0 saturated heterocycles. The van der Waals surface area contributed by atoms with Crippen LogP contribution in [0.15, 0.2) is 60.7 Å². The summed E-state index contributed by atoms with van der Waals surface area (Å²) in [5, 5.41) is 13.9. The molecule has 1 amide bonds. The van der Waals surface area contributed by atoms with Crippen LogP contribution in [0.3, 0.4) is 0 Å². The van der Waals surface area contributed by atoms with E-state index in [2.05, 4.69) is 22.1 Å². The summed E-state index contributed by atoms with van der Waals surface area (Å²) < 4.78 is 52.3. The average Bonchev–Trinajstić information content (AvgIpc) is 3.33. The first-order chi connectivity index (χ1) is 20.0. The zero-order valence-electron chi connectivity index (χ0n) is 23.5. The van der Waals surface area contributed by atoms with Crippen LogP contribution in [0.4, 0.5) is 13.2 Å². The van der Waals surface area contributed by atoms with Crippen molar-refractivity contribution >= 4 is 16.8 Å². The van der Waals surface area contributed by atoms with Crippen molar-refractivity contribution in [2.75, 3.05) is 13.7 Å². The second-order valence-electron chi connectivity index (χ2n) is 10.7. The minimum absolute atomic E-state index is 0.0176. The lowest BCUT2D eigenvalue weighted by Crippen LogP contribution is -2.54. The van der Waals surface area contributed by atoms with Crippen LogP contribution in [0.5, 0.6) is 11.5 Å². The van der Waals surface area contributed by atoms with Gasteiger partial charge in [0.2, 0.25) is 0 Å². The summed E-state index contributed by atoms with van der Waals surface area (Å²) in [4.78, 5) is 16.7. The third kappa shape index (κ3) is 5.81. The normalized spacial score (nSPS) is 16.5. The van der Waals surface area contributed by atoms with Crippen LogP contribution in [-0.2, 0) is 19.0 Å². The van der Waals surface area contributed by atoms with Crippen molar-refractivity contribution in [2.24, 2.45) is 0 Å². The number of aromatic amines is 1. The zero-order chi connectivity index (χ0) is 30.1. The number of benzene rings is 3. The van der Waals surface area contributed by atoms with Gasteiger partial charge in [-0.1, -0.05) is 36.1 Å². The van der Waals surface area contributed by atoms with Gasteiger partial charge in [0.1, 0.15) is 11.5 Å². The number of aryl methyl sites for hydroxylation is 1. The van der Waals surface area contributed by atoms with Crippen LogP contribution in [0.25, 0.3) is 10.9 Å². The summed E-state index contributed by atoms with van der Waals surface area (Å²) >= 11 is 0. The van der Waals surface area contributed by atoms with Gasteiger partial charge in [-0.25, -0.2) is 0 Å². The lowest BCUT2D eigenvalue weighted by Gasteiger charge is -2.36. The van der Waals surface area contributed by atoms with Crippen molar-refractivity contribution in [3.05, 3.63) is 94.2 Å². The summed E-state index contributed by atoms with van der Waals surface area (Å²) in [5.74, 6) is 6.67. The maximum atomic E-state index is 13.8. The Bertz CT molecular complexity index is 1700. The Kier molecular flexibility index (Phi) is 7.93. The SMILES string of the molecule is COc1ccccc1C#Cc1ccc(OC(C)C)c(C(=O)NC2(CO)CCc3[nH]c4c(C(F)(F)F)cccc4c3C2)c1. The molecule has 4 aromatic rings. The Labute approximate surface area is 241 Å². The first kappa shape index (κ1) is 29.1. The minimum atomic E-state index is -4.51. The highest BCUT2D eigenvalue weighted by Gasteiger charge is 2.40. The number of H-pyrrole nitrogens is 1. The molecule has 1 heterocycles. The molecule has 1 atom stereocenters. The van der Waals surface area contributed by atoms with E-state index < -0.39 is 29.8 Å². The Morgan fingerprint density at radius 2 is 1.88 bits per heavy atom. The minimum Gasteiger partial charge on any atom is -0.495 e. The van der Waals surface area contributed by atoms with Crippen LogP contribution in [0.2, 0.25) is 0 Å². The smallest absolute Gasteiger partial charge is 0.418 e. The van der Waals surface area contributed by atoms with E-state index in [1.54, 1.807) is 31.4 Å². The lowest BCUT2D eigenvalue weighted by atomic mass is 9.80. The summed E-state index contributed by atoms with van der Waals surface area (Å²) in [6, 6.07) is 16.5. The molecule has 3 N–H and O–H groups in total. The van der Waals surface area contributed by atoms with Crippen LogP contribution < -0.4 is 14.8 Å². The zero-order valence-corrected chi connectivity index (χ0v) is 23.5. The Morgan fingerprint density at radius 3 is 2.60 bits per heavy atom. The van der Waals surface area contributed by atoms with E-state index in [1.807, 2.05) is 38.1 Å². The summed E-state index contributed by atoms with van der Waals surface area (Å²) in [5.41, 5.74) is 1.04. The molecule has 1 aliphatic carbocycles. The number of aromatic nitrogens is 1. The number of nitrogens with one attached hydrogen (secondary N) is 2. The summed E-state index contributed by atoms with van der Waals surface area (Å²) in [6.45, 7) is 3.31. The number of hydrogen-bond donors (Lipinski definition) is 3. The van der Waals surface area contributed by atoms with E-state index in [1.165, 1.54) is 6.07 Å². The molecule has 5 rings (SSSR count). The van der Waals surface area contributed by atoms with Crippen molar-refractivity contribution in [3.8, 4) is 23.3 Å². The molecule has 3 aromatic carbocycles. The van der Waals surface area contributed by atoms with Gasteiger partial charge in [-0.3, -0.25) is 4.79 Å². The molecule has 1 unspecified atom stereocenters. The highest BCUT2D eigenvalue weighted by molar-refractivity contribution is 5.98. The summed E-state index contributed by atoms with van der Waals surface area (Å²) in [6.07, 6.45) is -3.85. The molecule has 0 bridgehead atoms. The Balaban J connectivity index is 1.47. The number of rotatable bonds is 6. The molecule has 0 saturated carbocycles. The number of carbonyl (C=O) groups excluding carboxylic acids is 1. The number of methoxy groups -OCH3 is 1. The molecular weight excluding hydrogens is 545 g/mol. The molecule has 6 nitrogen and oxygen atoms in total. The topological polar surface area (TPSA) is 83.6 Å². The standard InChI is InChI=1S/C33H31F3N2O4/c1-20(2)42-29-14-12-21(11-13-22-7-4-5-10-28(22)41-3)17-24(29)31(40)38-32(19-39)16-15-27-25(18-32)23-8-6-9-26(30(23)37-27)33(34,35)36/h4-10,12,14,17,20,37,39H,15-16,18-19H2,1-3H3,(H,38,40). The molecule has 9 heteroatoms. The maximum absolute atomic E-state index is 13.8. The third-order valence-electron chi connectivity index (χ3n) is 7.42. The first-order valence-electron chi connectivity index (χ1n) is 13.6. The number of aliphatic hydroxyl groups excluding tert-OH is 1. The van der Waals surface area contributed by atoms with Gasteiger partial charge in [0.05, 0.1) is 47.6 Å². The number of carbonyl (C=O) groups is 1. The number of fused-ring (bicyclic) bond motifs is 3. The van der Waals surface area contributed by atoms with Crippen molar-refractivity contribution in [3.63, 3.8) is 0 Å². The highest BCUT2D eigenvalue weighted by atomic mass is 19.4. The fourth-order valence-electron chi connectivity index (χ4n) is 5.39. The second kappa shape index (κ2) is 11.5.